The van der Waals surface area contributed by atoms with E-state index in [2.05, 4.69) is 15.6 Å². The normalized spacial score (nSPS) is 10.0. The minimum atomic E-state index is -0.609. The number of nitrogens with zero attached hydrogens (tertiary/aromatic N) is 1. The van der Waals surface area contributed by atoms with Crippen molar-refractivity contribution in [3.63, 3.8) is 0 Å². The zero-order valence-corrected chi connectivity index (χ0v) is 14.6. The Morgan fingerprint density at radius 2 is 1.88 bits per heavy atom. The lowest BCUT2D eigenvalue weighted by molar-refractivity contribution is -0.119. The van der Waals surface area contributed by atoms with E-state index in [0.717, 1.165) is 0 Å². The molecule has 0 unspecified atom stereocenters. The molecule has 2 N–H and O–H groups in total. The van der Waals surface area contributed by atoms with E-state index in [1.165, 1.54) is 18.8 Å². The van der Waals surface area contributed by atoms with Gasteiger partial charge >= 0.3 is 5.97 Å². The molecule has 8 heteroatoms. The molecule has 0 saturated carbocycles. The average molecular weight is 359 g/mol. The van der Waals surface area contributed by atoms with Gasteiger partial charge in [-0.25, -0.2) is 9.78 Å². The minimum Gasteiger partial charge on any atom is -0.452 e. The molecule has 0 radical (unpaired) electrons. The minimum absolute atomic E-state index is 0.215. The SMILES string of the molecule is CNC(=O)c1ccc(NC(=O)COC(=O)c2cccnc2SC)cc1. The van der Waals surface area contributed by atoms with Crippen LogP contribution in [0.15, 0.2) is 47.6 Å². The maximum atomic E-state index is 12.0. The fourth-order valence-corrected chi connectivity index (χ4v) is 2.50. The molecule has 0 saturated heterocycles. The van der Waals surface area contributed by atoms with E-state index in [4.69, 9.17) is 4.74 Å². The number of pyridine rings is 1. The highest BCUT2D eigenvalue weighted by molar-refractivity contribution is 7.98. The van der Waals surface area contributed by atoms with E-state index in [1.807, 2.05) is 0 Å². The predicted molar refractivity (Wildman–Crippen MR) is 94.8 cm³/mol. The number of ether oxygens (including phenoxy) is 1. The van der Waals surface area contributed by atoms with Gasteiger partial charge in [0.15, 0.2) is 6.61 Å². The Hall–Kier alpha value is -2.87. The molecule has 2 aromatic rings. The third-order valence-corrected chi connectivity index (χ3v) is 3.89. The van der Waals surface area contributed by atoms with Gasteiger partial charge in [-0.05, 0) is 42.7 Å². The Balaban J connectivity index is 1.90. The topological polar surface area (TPSA) is 97.4 Å². The molecular weight excluding hydrogens is 342 g/mol. The van der Waals surface area contributed by atoms with Crippen LogP contribution in [0.5, 0.6) is 0 Å². The first kappa shape index (κ1) is 18.5. The smallest absolute Gasteiger partial charge is 0.341 e. The summed E-state index contributed by atoms with van der Waals surface area (Å²) in [7, 11) is 1.54. The number of anilines is 1. The van der Waals surface area contributed by atoms with Gasteiger partial charge in [-0.3, -0.25) is 9.59 Å². The molecule has 7 nitrogen and oxygen atoms in total. The highest BCUT2D eigenvalue weighted by Crippen LogP contribution is 2.17. The summed E-state index contributed by atoms with van der Waals surface area (Å²) in [6, 6.07) is 9.58. The van der Waals surface area contributed by atoms with Crippen LogP contribution in [0.25, 0.3) is 0 Å². The molecule has 0 fully saturated rings. The van der Waals surface area contributed by atoms with E-state index >= 15 is 0 Å². The van der Waals surface area contributed by atoms with Crippen LogP contribution < -0.4 is 10.6 Å². The summed E-state index contributed by atoms with van der Waals surface area (Å²) >= 11 is 1.32. The molecule has 0 aliphatic carbocycles. The van der Waals surface area contributed by atoms with Crippen LogP contribution in [0.1, 0.15) is 20.7 Å². The number of aromatic nitrogens is 1. The summed E-state index contributed by atoms with van der Waals surface area (Å²) < 4.78 is 5.02. The zero-order chi connectivity index (χ0) is 18.2. The third kappa shape index (κ3) is 5.05. The Morgan fingerprint density at radius 1 is 1.16 bits per heavy atom. The molecule has 25 heavy (non-hydrogen) atoms. The number of nitrogens with one attached hydrogen (secondary N) is 2. The highest BCUT2D eigenvalue weighted by Gasteiger charge is 2.15. The van der Waals surface area contributed by atoms with Crippen LogP contribution in [0.3, 0.4) is 0 Å². The molecule has 1 aromatic heterocycles. The molecule has 0 bridgehead atoms. The van der Waals surface area contributed by atoms with Crippen LogP contribution >= 0.6 is 11.8 Å². The summed E-state index contributed by atoms with van der Waals surface area (Å²) in [6.45, 7) is -0.418. The number of carbonyl (C=O) groups is 3. The lowest BCUT2D eigenvalue weighted by Crippen LogP contribution is -2.21. The van der Waals surface area contributed by atoms with Gasteiger partial charge in [-0.1, -0.05) is 0 Å². The molecule has 0 aliphatic heterocycles. The Labute approximate surface area is 149 Å². The molecule has 2 amide bonds. The van der Waals surface area contributed by atoms with Gasteiger partial charge in [0.2, 0.25) is 0 Å². The van der Waals surface area contributed by atoms with Crippen molar-refractivity contribution < 1.29 is 19.1 Å². The van der Waals surface area contributed by atoms with Gasteiger partial charge in [0.05, 0.1) is 5.56 Å². The van der Waals surface area contributed by atoms with Crippen molar-refractivity contribution >= 4 is 35.2 Å². The molecule has 0 atom stereocenters. The van der Waals surface area contributed by atoms with E-state index in [1.54, 1.807) is 48.9 Å². The number of hydrogen-bond acceptors (Lipinski definition) is 6. The Kier molecular flexibility index (Phi) is 6.53. The zero-order valence-electron chi connectivity index (χ0n) is 13.7. The standard InChI is InChI=1S/C17H17N3O4S/c1-18-15(22)11-5-7-12(8-6-11)20-14(21)10-24-17(23)13-4-3-9-19-16(13)25-2/h3-9H,10H2,1-2H3,(H,18,22)(H,20,21). The van der Waals surface area contributed by atoms with Gasteiger partial charge in [-0.2, -0.15) is 0 Å². The average Bonchev–Trinajstić information content (AvgIpc) is 2.66. The van der Waals surface area contributed by atoms with E-state index in [-0.39, 0.29) is 5.91 Å². The second-order valence-corrected chi connectivity index (χ2v) is 5.64. The van der Waals surface area contributed by atoms with Crippen LogP contribution in [0, 0.1) is 0 Å². The maximum absolute atomic E-state index is 12.0. The summed E-state index contributed by atoms with van der Waals surface area (Å²) in [4.78, 5) is 39.4. The maximum Gasteiger partial charge on any atom is 0.341 e. The fraction of sp³-hybridized carbons (Fsp3) is 0.176. The van der Waals surface area contributed by atoms with Gasteiger partial charge in [0.25, 0.3) is 11.8 Å². The number of amides is 2. The molecule has 1 heterocycles. The number of rotatable bonds is 6. The molecule has 130 valence electrons. The third-order valence-electron chi connectivity index (χ3n) is 3.18. The lowest BCUT2D eigenvalue weighted by Gasteiger charge is -2.08. The van der Waals surface area contributed by atoms with Crippen LogP contribution in [-0.2, 0) is 9.53 Å². The fourth-order valence-electron chi connectivity index (χ4n) is 1.96. The van der Waals surface area contributed by atoms with Gasteiger partial charge in [0, 0.05) is 24.5 Å². The summed E-state index contributed by atoms with van der Waals surface area (Å²) in [5.74, 6) is -1.30. The molecular formula is C17H17N3O4S. The quantitative estimate of drug-likeness (QED) is 0.604. The number of benzene rings is 1. The van der Waals surface area contributed by atoms with Crippen molar-refractivity contribution in [2.24, 2.45) is 0 Å². The predicted octanol–water partition coefficient (Wildman–Crippen LogP) is 1.96. The van der Waals surface area contributed by atoms with E-state index in [9.17, 15) is 14.4 Å². The molecule has 2 rings (SSSR count). The number of carbonyl (C=O) groups excluding carboxylic acids is 3. The monoisotopic (exact) mass is 359 g/mol. The summed E-state index contributed by atoms with van der Waals surface area (Å²) in [6.07, 6.45) is 3.38. The van der Waals surface area contributed by atoms with Crippen LogP contribution in [0.4, 0.5) is 5.69 Å². The van der Waals surface area contributed by atoms with Crippen LogP contribution in [0.2, 0.25) is 0 Å². The second kappa shape index (κ2) is 8.84. The van der Waals surface area contributed by atoms with Crippen LogP contribution in [-0.4, -0.2) is 42.7 Å². The van der Waals surface area contributed by atoms with Gasteiger partial charge in [-0.15, -0.1) is 11.8 Å². The first-order valence-electron chi connectivity index (χ1n) is 7.33. The molecule has 0 spiro atoms. The molecule has 1 aromatic carbocycles. The van der Waals surface area contributed by atoms with Crippen molar-refractivity contribution in [2.75, 3.05) is 25.2 Å². The number of hydrogen-bond donors (Lipinski definition) is 2. The highest BCUT2D eigenvalue weighted by atomic mass is 32.2. The summed E-state index contributed by atoms with van der Waals surface area (Å²) in [5.41, 5.74) is 1.30. The van der Waals surface area contributed by atoms with Crippen molar-refractivity contribution in [3.05, 3.63) is 53.7 Å². The van der Waals surface area contributed by atoms with Crippen molar-refractivity contribution in [2.45, 2.75) is 5.03 Å². The first-order chi connectivity index (χ1) is 12.0. The largest absolute Gasteiger partial charge is 0.452 e. The molecule has 0 aliphatic rings. The van der Waals surface area contributed by atoms with Crippen molar-refractivity contribution in [1.82, 2.24) is 10.3 Å². The second-order valence-electron chi connectivity index (χ2n) is 4.84. The van der Waals surface area contributed by atoms with Gasteiger partial charge < -0.3 is 15.4 Å². The van der Waals surface area contributed by atoms with Crippen molar-refractivity contribution in [1.29, 1.82) is 0 Å². The van der Waals surface area contributed by atoms with E-state index in [0.29, 0.717) is 21.8 Å². The lowest BCUT2D eigenvalue weighted by atomic mass is 10.2. The Bertz CT molecular complexity index is 778. The number of esters is 1. The summed E-state index contributed by atoms with van der Waals surface area (Å²) in [5, 5.41) is 5.64. The Morgan fingerprint density at radius 3 is 2.52 bits per heavy atom. The van der Waals surface area contributed by atoms with Crippen molar-refractivity contribution in [3.8, 4) is 0 Å². The first-order valence-corrected chi connectivity index (χ1v) is 8.55. The van der Waals surface area contributed by atoms with E-state index < -0.39 is 18.5 Å². The van der Waals surface area contributed by atoms with Gasteiger partial charge in [0.1, 0.15) is 5.03 Å². The number of thioether (sulfide) groups is 1.